The van der Waals surface area contributed by atoms with E-state index in [1.165, 1.54) is 24.5 Å². The van der Waals surface area contributed by atoms with E-state index in [4.69, 9.17) is 0 Å². The number of alkyl halides is 2. The minimum atomic E-state index is -2.99. The second-order valence-corrected chi connectivity index (χ2v) is 5.06. The van der Waals surface area contributed by atoms with Crippen molar-refractivity contribution in [2.45, 2.75) is 13.2 Å². The Morgan fingerprint density at radius 2 is 1.92 bits per heavy atom. The first-order valence-electron chi connectivity index (χ1n) is 7.39. The SMILES string of the molecule is O=C(NCc1ccc(-n2cncn2)cc1)c1ccccc1OC(F)F. The van der Waals surface area contributed by atoms with Crippen molar-refractivity contribution in [3.63, 3.8) is 0 Å². The summed E-state index contributed by atoms with van der Waals surface area (Å²) in [6.45, 7) is -2.74. The molecule has 0 bridgehead atoms. The smallest absolute Gasteiger partial charge is 0.387 e. The average Bonchev–Trinajstić information content (AvgIpc) is 3.15. The Bertz CT molecular complexity index is 836. The zero-order valence-corrected chi connectivity index (χ0v) is 13.0. The highest BCUT2D eigenvalue weighted by atomic mass is 19.3. The molecule has 1 aromatic heterocycles. The summed E-state index contributed by atoms with van der Waals surface area (Å²) in [5.74, 6) is -0.645. The third-order valence-corrected chi connectivity index (χ3v) is 3.42. The van der Waals surface area contributed by atoms with Gasteiger partial charge in [0.25, 0.3) is 5.91 Å². The summed E-state index contributed by atoms with van der Waals surface area (Å²) in [6.07, 6.45) is 3.02. The van der Waals surface area contributed by atoms with Crippen LogP contribution in [0, 0.1) is 0 Å². The number of amides is 1. The van der Waals surface area contributed by atoms with E-state index in [-0.39, 0.29) is 17.9 Å². The predicted molar refractivity (Wildman–Crippen MR) is 85.6 cm³/mol. The Hall–Kier alpha value is -3.29. The van der Waals surface area contributed by atoms with Crippen LogP contribution in [0.5, 0.6) is 5.75 Å². The van der Waals surface area contributed by atoms with Crippen molar-refractivity contribution in [3.05, 3.63) is 72.3 Å². The molecule has 0 radical (unpaired) electrons. The lowest BCUT2D eigenvalue weighted by atomic mass is 10.1. The summed E-state index contributed by atoms with van der Waals surface area (Å²) < 4.78 is 30.8. The zero-order valence-electron chi connectivity index (χ0n) is 13.0. The summed E-state index contributed by atoms with van der Waals surface area (Å²) >= 11 is 0. The number of halogens is 2. The number of ether oxygens (including phenoxy) is 1. The second-order valence-electron chi connectivity index (χ2n) is 5.06. The number of carbonyl (C=O) groups excluding carboxylic acids is 1. The van der Waals surface area contributed by atoms with Gasteiger partial charge in [-0.05, 0) is 29.8 Å². The van der Waals surface area contributed by atoms with Gasteiger partial charge in [-0.25, -0.2) is 9.67 Å². The number of nitrogens with zero attached hydrogens (tertiary/aromatic N) is 3. The molecule has 128 valence electrons. The van der Waals surface area contributed by atoms with Crippen molar-refractivity contribution >= 4 is 5.91 Å². The minimum absolute atomic E-state index is 0.0574. The molecule has 6 nitrogen and oxygen atoms in total. The first-order valence-corrected chi connectivity index (χ1v) is 7.39. The molecular weight excluding hydrogens is 330 g/mol. The number of nitrogens with one attached hydrogen (secondary N) is 1. The third-order valence-electron chi connectivity index (χ3n) is 3.42. The lowest BCUT2D eigenvalue weighted by Crippen LogP contribution is -2.23. The maximum Gasteiger partial charge on any atom is 0.387 e. The van der Waals surface area contributed by atoms with Gasteiger partial charge in [0.15, 0.2) is 0 Å². The van der Waals surface area contributed by atoms with E-state index in [9.17, 15) is 13.6 Å². The molecule has 0 atom stereocenters. The summed E-state index contributed by atoms with van der Waals surface area (Å²) in [7, 11) is 0. The topological polar surface area (TPSA) is 69.0 Å². The lowest BCUT2D eigenvalue weighted by molar-refractivity contribution is -0.0501. The lowest BCUT2D eigenvalue weighted by Gasteiger charge is -2.11. The summed E-state index contributed by atoms with van der Waals surface area (Å²) in [6, 6.07) is 13.2. The van der Waals surface area contributed by atoms with E-state index in [1.807, 2.05) is 24.3 Å². The molecule has 8 heteroatoms. The van der Waals surface area contributed by atoms with Gasteiger partial charge in [-0.3, -0.25) is 4.79 Å². The molecule has 25 heavy (non-hydrogen) atoms. The summed E-state index contributed by atoms with van der Waals surface area (Å²) in [4.78, 5) is 16.1. The van der Waals surface area contributed by atoms with Gasteiger partial charge in [0.2, 0.25) is 0 Å². The molecule has 0 aliphatic heterocycles. The van der Waals surface area contributed by atoms with E-state index in [1.54, 1.807) is 17.1 Å². The fraction of sp³-hybridized carbons (Fsp3) is 0.118. The Kier molecular flexibility index (Phi) is 4.98. The molecular formula is C17H14F2N4O2. The largest absolute Gasteiger partial charge is 0.434 e. The van der Waals surface area contributed by atoms with Crippen molar-refractivity contribution in [1.29, 1.82) is 0 Å². The maximum atomic E-state index is 12.4. The quantitative estimate of drug-likeness (QED) is 0.747. The molecule has 3 aromatic rings. The van der Waals surface area contributed by atoms with Gasteiger partial charge in [-0.15, -0.1) is 0 Å². The molecule has 0 saturated heterocycles. The van der Waals surface area contributed by atoms with Crippen LogP contribution in [-0.2, 0) is 6.54 Å². The van der Waals surface area contributed by atoms with Gasteiger partial charge in [0.1, 0.15) is 18.4 Å². The average molecular weight is 344 g/mol. The third kappa shape index (κ3) is 4.17. The highest BCUT2D eigenvalue weighted by Gasteiger charge is 2.14. The van der Waals surface area contributed by atoms with E-state index in [0.29, 0.717) is 0 Å². The van der Waals surface area contributed by atoms with E-state index >= 15 is 0 Å². The molecule has 0 saturated carbocycles. The Morgan fingerprint density at radius 1 is 1.16 bits per heavy atom. The number of hydrogen-bond donors (Lipinski definition) is 1. The van der Waals surface area contributed by atoms with Gasteiger partial charge in [-0.1, -0.05) is 24.3 Å². The van der Waals surface area contributed by atoms with Crippen molar-refractivity contribution in [2.24, 2.45) is 0 Å². The molecule has 1 N–H and O–H groups in total. The van der Waals surface area contributed by atoms with Crippen LogP contribution in [0.4, 0.5) is 8.78 Å². The number of benzene rings is 2. The molecule has 0 spiro atoms. The number of aromatic nitrogens is 3. The number of para-hydroxylation sites is 1. The molecule has 0 aliphatic carbocycles. The van der Waals surface area contributed by atoms with E-state index in [0.717, 1.165) is 11.3 Å². The van der Waals surface area contributed by atoms with Crippen LogP contribution >= 0.6 is 0 Å². The first-order chi connectivity index (χ1) is 12.1. The highest BCUT2D eigenvalue weighted by Crippen LogP contribution is 2.20. The van der Waals surface area contributed by atoms with Gasteiger partial charge in [0, 0.05) is 6.54 Å². The Labute approximate surface area is 142 Å². The van der Waals surface area contributed by atoms with E-state index < -0.39 is 12.5 Å². The van der Waals surface area contributed by atoms with Gasteiger partial charge in [-0.2, -0.15) is 13.9 Å². The molecule has 0 aliphatic rings. The van der Waals surface area contributed by atoms with Crippen molar-refractivity contribution in [3.8, 4) is 11.4 Å². The number of hydrogen-bond acceptors (Lipinski definition) is 4. The fourth-order valence-electron chi connectivity index (χ4n) is 2.24. The molecule has 1 amide bonds. The van der Waals surface area contributed by atoms with Crippen molar-refractivity contribution in [2.75, 3.05) is 0 Å². The van der Waals surface area contributed by atoms with Crippen LogP contribution in [-0.4, -0.2) is 27.3 Å². The maximum absolute atomic E-state index is 12.4. The molecule has 0 fully saturated rings. The van der Waals surface area contributed by atoms with Crippen molar-refractivity contribution < 1.29 is 18.3 Å². The number of rotatable bonds is 6. The van der Waals surface area contributed by atoms with Gasteiger partial charge < -0.3 is 10.1 Å². The monoisotopic (exact) mass is 344 g/mol. The second kappa shape index (κ2) is 7.52. The van der Waals surface area contributed by atoms with Crippen LogP contribution in [0.3, 0.4) is 0 Å². The van der Waals surface area contributed by atoms with Gasteiger partial charge >= 0.3 is 6.61 Å². The van der Waals surface area contributed by atoms with E-state index in [2.05, 4.69) is 20.1 Å². The van der Waals surface area contributed by atoms with Crippen LogP contribution in [0.15, 0.2) is 61.2 Å². The molecule has 2 aromatic carbocycles. The Morgan fingerprint density at radius 3 is 2.60 bits per heavy atom. The van der Waals surface area contributed by atoms with Crippen LogP contribution in [0.1, 0.15) is 15.9 Å². The standard InChI is InChI=1S/C17H14F2N4O2/c18-17(19)25-15-4-2-1-3-14(15)16(24)21-9-12-5-7-13(8-6-12)23-11-20-10-22-23/h1-8,10-11,17H,9H2,(H,21,24). The molecule has 1 heterocycles. The van der Waals surface area contributed by atoms with Crippen molar-refractivity contribution in [1.82, 2.24) is 20.1 Å². The Balaban J connectivity index is 1.65. The molecule has 0 unspecified atom stereocenters. The van der Waals surface area contributed by atoms with Crippen LogP contribution < -0.4 is 10.1 Å². The van der Waals surface area contributed by atoms with Gasteiger partial charge in [0.05, 0.1) is 11.3 Å². The summed E-state index contributed by atoms with van der Waals surface area (Å²) in [5, 5.41) is 6.71. The number of carbonyl (C=O) groups is 1. The fourth-order valence-corrected chi connectivity index (χ4v) is 2.24. The predicted octanol–water partition coefficient (Wildman–Crippen LogP) is 2.80. The normalized spacial score (nSPS) is 10.7. The first kappa shape index (κ1) is 16.6. The van der Waals surface area contributed by atoms with Crippen LogP contribution in [0.2, 0.25) is 0 Å². The van der Waals surface area contributed by atoms with Crippen LogP contribution in [0.25, 0.3) is 5.69 Å². The highest BCUT2D eigenvalue weighted by molar-refractivity contribution is 5.96. The molecule has 3 rings (SSSR count). The zero-order chi connectivity index (χ0) is 17.6. The minimum Gasteiger partial charge on any atom is -0.434 e. The summed E-state index contributed by atoms with van der Waals surface area (Å²) in [5.41, 5.74) is 1.75.